The molecular formula is C28H37F2N3O3. The van der Waals surface area contributed by atoms with E-state index >= 15 is 0 Å². The van der Waals surface area contributed by atoms with Crippen LogP contribution in [0.15, 0.2) is 47.6 Å². The molecular weight excluding hydrogens is 464 g/mol. The topological polar surface area (TPSA) is 94.0 Å². The number of oxime groups is 1. The molecule has 6 nitrogen and oxygen atoms in total. The maximum absolute atomic E-state index is 13.7. The van der Waals surface area contributed by atoms with Gasteiger partial charge in [-0.05, 0) is 66.3 Å². The van der Waals surface area contributed by atoms with Crippen molar-refractivity contribution in [2.75, 3.05) is 6.54 Å². The Labute approximate surface area is 211 Å². The lowest BCUT2D eigenvalue weighted by atomic mass is 9.74. The van der Waals surface area contributed by atoms with Crippen LogP contribution in [0.5, 0.6) is 0 Å². The third kappa shape index (κ3) is 7.11. The molecule has 1 aliphatic rings. The normalized spacial score (nSPS) is 20.0. The highest BCUT2D eigenvalue weighted by molar-refractivity contribution is 5.85. The van der Waals surface area contributed by atoms with Gasteiger partial charge in [0.2, 0.25) is 5.91 Å². The molecule has 0 bridgehead atoms. The summed E-state index contributed by atoms with van der Waals surface area (Å²) in [5.74, 6) is -1.76. The van der Waals surface area contributed by atoms with Crippen molar-refractivity contribution < 1.29 is 23.9 Å². The summed E-state index contributed by atoms with van der Waals surface area (Å²) in [4.78, 5) is 11.8. The lowest BCUT2D eigenvalue weighted by molar-refractivity contribution is -0.120. The van der Waals surface area contributed by atoms with Gasteiger partial charge in [0.1, 0.15) is 11.6 Å². The Hall–Kier alpha value is -2.84. The third-order valence-corrected chi connectivity index (χ3v) is 6.98. The van der Waals surface area contributed by atoms with Gasteiger partial charge >= 0.3 is 0 Å². The second-order valence-corrected chi connectivity index (χ2v) is 10.8. The molecule has 2 aromatic carbocycles. The van der Waals surface area contributed by atoms with Crippen molar-refractivity contribution in [1.29, 1.82) is 0 Å². The summed E-state index contributed by atoms with van der Waals surface area (Å²) in [5.41, 5.74) is 2.85. The van der Waals surface area contributed by atoms with Gasteiger partial charge in [-0.3, -0.25) is 4.79 Å². The molecule has 0 heterocycles. The Morgan fingerprint density at radius 1 is 1.11 bits per heavy atom. The molecule has 0 saturated heterocycles. The number of halogens is 2. The molecule has 0 aliphatic heterocycles. The van der Waals surface area contributed by atoms with E-state index in [1.54, 1.807) is 0 Å². The molecule has 0 radical (unpaired) electrons. The zero-order chi connectivity index (χ0) is 26.5. The van der Waals surface area contributed by atoms with Gasteiger partial charge < -0.3 is 20.9 Å². The summed E-state index contributed by atoms with van der Waals surface area (Å²) in [5, 5.41) is 30.1. The fourth-order valence-electron chi connectivity index (χ4n) is 4.89. The molecule has 1 saturated carbocycles. The minimum atomic E-state index is -1.02. The maximum Gasteiger partial charge on any atom is 0.217 e. The van der Waals surface area contributed by atoms with E-state index in [9.17, 15) is 23.9 Å². The predicted octanol–water partition coefficient (Wildman–Crippen LogP) is 4.56. The number of aliphatic hydroxyl groups excluding tert-OH is 1. The summed E-state index contributed by atoms with van der Waals surface area (Å²) in [7, 11) is 0. The maximum atomic E-state index is 13.7. The van der Waals surface area contributed by atoms with Crippen molar-refractivity contribution >= 4 is 11.6 Å². The van der Waals surface area contributed by atoms with Gasteiger partial charge in [0.05, 0.1) is 17.9 Å². The van der Waals surface area contributed by atoms with Crippen LogP contribution in [-0.2, 0) is 22.2 Å². The van der Waals surface area contributed by atoms with Crippen LogP contribution in [0.3, 0.4) is 0 Å². The van der Waals surface area contributed by atoms with Gasteiger partial charge in [0.25, 0.3) is 0 Å². The minimum absolute atomic E-state index is 0.0418. The van der Waals surface area contributed by atoms with Crippen LogP contribution >= 0.6 is 0 Å². The van der Waals surface area contributed by atoms with Gasteiger partial charge in [0, 0.05) is 25.1 Å². The number of benzene rings is 2. The van der Waals surface area contributed by atoms with Gasteiger partial charge in [-0.2, -0.15) is 0 Å². The van der Waals surface area contributed by atoms with Crippen molar-refractivity contribution in [2.24, 2.45) is 5.16 Å². The van der Waals surface area contributed by atoms with Crippen LogP contribution < -0.4 is 10.6 Å². The van der Waals surface area contributed by atoms with Crippen LogP contribution in [0, 0.1) is 11.6 Å². The minimum Gasteiger partial charge on any atom is -0.411 e. The molecule has 1 aliphatic carbocycles. The van der Waals surface area contributed by atoms with E-state index < -0.39 is 29.3 Å². The van der Waals surface area contributed by atoms with Crippen LogP contribution in [0.2, 0.25) is 0 Å². The lowest BCUT2D eigenvalue weighted by Gasteiger charge is -2.41. The first-order valence-corrected chi connectivity index (χ1v) is 12.4. The van der Waals surface area contributed by atoms with Crippen molar-refractivity contribution in [3.05, 3.63) is 70.8 Å². The first-order valence-electron chi connectivity index (χ1n) is 12.4. The highest BCUT2D eigenvalue weighted by atomic mass is 19.1. The SMILES string of the molecule is CC(=O)NC(Cc1cc(F)cc(F)c1)C(O)CNC1(c2cccc(C(C)(C)C)c2)CCC(=NO)CC1. The van der Waals surface area contributed by atoms with E-state index in [4.69, 9.17) is 0 Å². The Morgan fingerprint density at radius 2 is 1.75 bits per heavy atom. The summed E-state index contributed by atoms with van der Waals surface area (Å²) in [6.07, 6.45) is 1.62. The number of rotatable bonds is 8. The third-order valence-electron chi connectivity index (χ3n) is 6.98. The smallest absolute Gasteiger partial charge is 0.217 e. The zero-order valence-electron chi connectivity index (χ0n) is 21.4. The lowest BCUT2D eigenvalue weighted by Crippen LogP contribution is -2.53. The van der Waals surface area contributed by atoms with E-state index in [0.717, 1.165) is 17.3 Å². The number of aliphatic hydroxyl groups is 1. The summed E-state index contributed by atoms with van der Waals surface area (Å²) >= 11 is 0. The second kappa shape index (κ2) is 11.5. The van der Waals surface area contributed by atoms with E-state index in [2.05, 4.69) is 54.8 Å². The number of hydrogen-bond acceptors (Lipinski definition) is 5. The summed E-state index contributed by atoms with van der Waals surface area (Å²) < 4.78 is 27.4. The van der Waals surface area contributed by atoms with E-state index in [0.29, 0.717) is 31.2 Å². The average Bonchev–Trinajstić information content (AvgIpc) is 2.81. The predicted molar refractivity (Wildman–Crippen MR) is 136 cm³/mol. The number of carbonyl (C=O) groups excluding carboxylic acids is 1. The largest absolute Gasteiger partial charge is 0.411 e. The van der Waals surface area contributed by atoms with Gasteiger partial charge in [-0.15, -0.1) is 0 Å². The molecule has 3 rings (SSSR count). The molecule has 2 unspecified atom stereocenters. The quantitative estimate of drug-likeness (QED) is 0.315. The second-order valence-electron chi connectivity index (χ2n) is 10.8. The summed E-state index contributed by atoms with van der Waals surface area (Å²) in [6.45, 7) is 7.95. The molecule has 4 N–H and O–H groups in total. The molecule has 1 amide bonds. The monoisotopic (exact) mass is 501 g/mol. The van der Waals surface area contributed by atoms with Crippen molar-refractivity contribution in [2.45, 2.75) is 82.9 Å². The van der Waals surface area contributed by atoms with Crippen molar-refractivity contribution in [3.8, 4) is 0 Å². The van der Waals surface area contributed by atoms with Gasteiger partial charge in [-0.1, -0.05) is 50.2 Å². The number of nitrogens with one attached hydrogen (secondary N) is 2. The van der Waals surface area contributed by atoms with Crippen LogP contribution in [-0.4, -0.2) is 40.6 Å². The van der Waals surface area contributed by atoms with Crippen LogP contribution in [0.4, 0.5) is 8.78 Å². The molecule has 1 fully saturated rings. The Bertz CT molecular complexity index is 1070. The van der Waals surface area contributed by atoms with E-state index in [1.165, 1.54) is 24.6 Å². The van der Waals surface area contributed by atoms with Crippen molar-refractivity contribution in [1.82, 2.24) is 10.6 Å². The molecule has 0 spiro atoms. The fourth-order valence-corrected chi connectivity index (χ4v) is 4.89. The number of carbonyl (C=O) groups is 1. The molecule has 196 valence electrons. The zero-order valence-corrected chi connectivity index (χ0v) is 21.4. The van der Waals surface area contributed by atoms with Gasteiger partial charge in [0.15, 0.2) is 0 Å². The number of hydrogen-bond donors (Lipinski definition) is 4. The first-order chi connectivity index (χ1) is 16.9. The van der Waals surface area contributed by atoms with E-state index in [-0.39, 0.29) is 24.3 Å². The molecule has 2 aromatic rings. The molecule has 8 heteroatoms. The number of nitrogens with zero attached hydrogens (tertiary/aromatic N) is 1. The standard InChI is InChI=1S/C28H37F2N3O3/c1-18(34)32-25(14-19-12-22(29)16-23(30)13-19)26(35)17-31-28(10-8-24(33-36)9-11-28)21-7-5-6-20(15-21)27(2,3)4/h5-7,12-13,15-16,25-26,31,35-36H,8-11,14,17H2,1-4H3,(H,32,34). The Balaban J connectivity index is 1.84. The highest BCUT2D eigenvalue weighted by Crippen LogP contribution is 2.38. The fraction of sp³-hybridized carbons (Fsp3) is 0.500. The molecule has 0 aromatic heterocycles. The molecule has 2 atom stereocenters. The van der Waals surface area contributed by atoms with Crippen LogP contribution in [0.1, 0.15) is 70.1 Å². The Morgan fingerprint density at radius 3 is 2.31 bits per heavy atom. The number of amides is 1. The summed E-state index contributed by atoms with van der Waals surface area (Å²) in [6, 6.07) is 10.8. The van der Waals surface area contributed by atoms with Crippen molar-refractivity contribution in [3.63, 3.8) is 0 Å². The van der Waals surface area contributed by atoms with E-state index in [1.807, 2.05) is 6.07 Å². The highest BCUT2D eigenvalue weighted by Gasteiger charge is 2.37. The van der Waals surface area contributed by atoms with Crippen LogP contribution in [0.25, 0.3) is 0 Å². The molecule has 36 heavy (non-hydrogen) atoms. The Kier molecular flexibility index (Phi) is 8.84. The van der Waals surface area contributed by atoms with Gasteiger partial charge in [-0.25, -0.2) is 8.78 Å². The average molecular weight is 502 g/mol. The first kappa shape index (κ1) is 27.7.